The van der Waals surface area contributed by atoms with Crippen LogP contribution in [0.1, 0.15) is 47.1 Å². The first-order valence-corrected chi connectivity index (χ1v) is 9.41. The molecule has 1 aromatic rings. The number of carbonyl (C=O) groups excluding carboxylic acids is 2. The van der Waals surface area contributed by atoms with E-state index in [4.69, 9.17) is 9.47 Å². The number of hydrogen-bond donors (Lipinski definition) is 1. The Hall–Kier alpha value is -1.91. The maximum atomic E-state index is 12.5. The predicted molar refractivity (Wildman–Crippen MR) is 109 cm³/mol. The number of nitrogens with zero attached hydrogens (tertiary/aromatic N) is 1. The van der Waals surface area contributed by atoms with Gasteiger partial charge >= 0.3 is 12.1 Å². The van der Waals surface area contributed by atoms with Crippen LogP contribution in [-0.4, -0.2) is 34.2 Å². The van der Waals surface area contributed by atoms with Crippen LogP contribution in [0.25, 0.3) is 0 Å². The van der Waals surface area contributed by atoms with Gasteiger partial charge in [0.2, 0.25) is 0 Å². The van der Waals surface area contributed by atoms with Gasteiger partial charge in [-0.3, -0.25) is 10.1 Å². The SMILES string of the molecule is CC(C)(C)OC(=O)NC(Cc1ccc([N+](=O)[O-])cc1I)C(=O)OC(C)(C)C. The monoisotopic (exact) mass is 492 g/mol. The number of amides is 1. The Bertz CT molecular complexity index is 722. The molecular formula is C18H25IN2O6. The van der Waals surface area contributed by atoms with Gasteiger partial charge in [-0.05, 0) is 69.7 Å². The van der Waals surface area contributed by atoms with Crippen LogP contribution in [0, 0.1) is 13.7 Å². The predicted octanol–water partition coefficient (Wildman–Crippen LogP) is 3.98. The highest BCUT2D eigenvalue weighted by molar-refractivity contribution is 14.1. The van der Waals surface area contributed by atoms with E-state index in [9.17, 15) is 19.7 Å². The molecule has 0 aliphatic carbocycles. The molecule has 0 heterocycles. The summed E-state index contributed by atoms with van der Waals surface area (Å²) in [5.74, 6) is -0.609. The van der Waals surface area contributed by atoms with Crippen molar-refractivity contribution in [2.75, 3.05) is 0 Å². The molecule has 0 saturated heterocycles. The van der Waals surface area contributed by atoms with Crippen molar-refractivity contribution in [2.45, 2.75) is 65.2 Å². The van der Waals surface area contributed by atoms with Crippen molar-refractivity contribution in [3.05, 3.63) is 37.4 Å². The molecule has 27 heavy (non-hydrogen) atoms. The number of carbonyl (C=O) groups is 2. The van der Waals surface area contributed by atoms with Gasteiger partial charge in [0.15, 0.2) is 0 Å². The summed E-state index contributed by atoms with van der Waals surface area (Å²) in [4.78, 5) is 35.1. The van der Waals surface area contributed by atoms with Crippen molar-refractivity contribution < 1.29 is 24.0 Å². The minimum atomic E-state index is -0.992. The second-order valence-corrected chi connectivity index (χ2v) is 9.13. The molecule has 9 heteroatoms. The number of benzene rings is 1. The van der Waals surface area contributed by atoms with Crippen LogP contribution in [0.5, 0.6) is 0 Å². The fraction of sp³-hybridized carbons (Fsp3) is 0.556. The van der Waals surface area contributed by atoms with Gasteiger partial charge in [-0.1, -0.05) is 6.07 Å². The standard InChI is InChI=1S/C18H25IN2O6/c1-17(2,3)26-15(22)14(20-16(23)27-18(4,5)6)9-11-7-8-12(21(24)25)10-13(11)19/h7-8,10,14H,9H2,1-6H3,(H,20,23). The first-order valence-electron chi connectivity index (χ1n) is 8.33. The third-order valence-electron chi connectivity index (χ3n) is 3.05. The minimum Gasteiger partial charge on any atom is -0.458 e. The van der Waals surface area contributed by atoms with Crippen LogP contribution in [0.4, 0.5) is 10.5 Å². The number of alkyl carbamates (subject to hydrolysis) is 1. The summed E-state index contributed by atoms with van der Waals surface area (Å²) in [6.07, 6.45) is -0.625. The van der Waals surface area contributed by atoms with Gasteiger partial charge in [-0.25, -0.2) is 9.59 Å². The maximum absolute atomic E-state index is 12.5. The van der Waals surface area contributed by atoms with E-state index < -0.39 is 34.2 Å². The molecule has 0 aliphatic rings. The number of non-ortho nitro benzene ring substituents is 1. The number of hydrogen-bond acceptors (Lipinski definition) is 6. The molecule has 1 atom stereocenters. The van der Waals surface area contributed by atoms with Gasteiger partial charge in [0.1, 0.15) is 17.2 Å². The summed E-state index contributed by atoms with van der Waals surface area (Å²) in [6.45, 7) is 10.3. The van der Waals surface area contributed by atoms with Crippen LogP contribution in [0.2, 0.25) is 0 Å². The highest BCUT2D eigenvalue weighted by atomic mass is 127. The highest BCUT2D eigenvalue weighted by Crippen LogP contribution is 2.22. The number of nitro groups is 1. The zero-order chi connectivity index (χ0) is 21.0. The Morgan fingerprint density at radius 2 is 1.70 bits per heavy atom. The molecular weight excluding hydrogens is 467 g/mol. The van der Waals surface area contributed by atoms with Crippen molar-refractivity contribution in [1.29, 1.82) is 0 Å². The van der Waals surface area contributed by atoms with E-state index in [-0.39, 0.29) is 12.1 Å². The molecule has 1 aromatic carbocycles. The van der Waals surface area contributed by atoms with Crippen LogP contribution in [0.15, 0.2) is 18.2 Å². The number of nitrogens with one attached hydrogen (secondary N) is 1. The van der Waals surface area contributed by atoms with Crippen LogP contribution in [0.3, 0.4) is 0 Å². The Labute approximate surface area is 172 Å². The lowest BCUT2D eigenvalue weighted by Crippen LogP contribution is -2.47. The van der Waals surface area contributed by atoms with Crippen LogP contribution in [-0.2, 0) is 20.7 Å². The smallest absolute Gasteiger partial charge is 0.408 e. The number of nitro benzene ring substituents is 1. The molecule has 0 saturated carbocycles. The fourth-order valence-electron chi connectivity index (χ4n) is 2.05. The van der Waals surface area contributed by atoms with E-state index in [1.54, 1.807) is 47.6 Å². The Balaban J connectivity index is 3.05. The van der Waals surface area contributed by atoms with Gasteiger partial charge in [-0.15, -0.1) is 0 Å². The zero-order valence-corrected chi connectivity index (χ0v) is 18.4. The lowest BCUT2D eigenvalue weighted by atomic mass is 10.1. The highest BCUT2D eigenvalue weighted by Gasteiger charge is 2.29. The summed E-state index contributed by atoms with van der Waals surface area (Å²) in [7, 11) is 0. The Morgan fingerprint density at radius 3 is 2.15 bits per heavy atom. The van der Waals surface area contributed by atoms with Gasteiger partial charge in [0.05, 0.1) is 4.92 Å². The van der Waals surface area contributed by atoms with Gasteiger partial charge < -0.3 is 14.8 Å². The second kappa shape index (κ2) is 8.85. The average molecular weight is 492 g/mol. The molecule has 1 unspecified atom stereocenters. The fourth-order valence-corrected chi connectivity index (χ4v) is 2.77. The number of esters is 1. The summed E-state index contributed by atoms with van der Waals surface area (Å²) in [5.41, 5.74) is -0.817. The normalized spacial score (nSPS) is 12.9. The van der Waals surface area contributed by atoms with Crippen LogP contribution >= 0.6 is 22.6 Å². The molecule has 0 spiro atoms. The van der Waals surface area contributed by atoms with Crippen molar-refractivity contribution in [1.82, 2.24) is 5.32 Å². The second-order valence-electron chi connectivity index (χ2n) is 7.97. The zero-order valence-electron chi connectivity index (χ0n) is 16.3. The van der Waals surface area contributed by atoms with E-state index in [1.165, 1.54) is 12.1 Å². The summed E-state index contributed by atoms with van der Waals surface area (Å²) >= 11 is 1.96. The Morgan fingerprint density at radius 1 is 1.15 bits per heavy atom. The summed E-state index contributed by atoms with van der Waals surface area (Å²) < 4.78 is 11.2. The van der Waals surface area contributed by atoms with Crippen molar-refractivity contribution in [3.8, 4) is 0 Å². The molecule has 150 valence electrons. The topological polar surface area (TPSA) is 108 Å². The van der Waals surface area contributed by atoms with E-state index in [0.29, 0.717) is 9.13 Å². The Kier molecular flexibility index (Phi) is 7.58. The molecule has 0 aromatic heterocycles. The van der Waals surface area contributed by atoms with Gasteiger partial charge in [0, 0.05) is 22.1 Å². The third-order valence-corrected chi connectivity index (χ3v) is 4.06. The largest absolute Gasteiger partial charge is 0.458 e. The van der Waals surface area contributed by atoms with Crippen LogP contribution < -0.4 is 5.32 Å². The molecule has 0 fully saturated rings. The molecule has 0 radical (unpaired) electrons. The summed E-state index contributed by atoms with van der Waals surface area (Å²) in [5, 5.41) is 13.4. The quantitative estimate of drug-likeness (QED) is 0.289. The maximum Gasteiger partial charge on any atom is 0.408 e. The minimum absolute atomic E-state index is 0.0444. The van der Waals surface area contributed by atoms with E-state index >= 15 is 0 Å². The lowest BCUT2D eigenvalue weighted by molar-refractivity contribution is -0.385. The van der Waals surface area contributed by atoms with Crippen molar-refractivity contribution in [2.24, 2.45) is 0 Å². The van der Waals surface area contributed by atoms with Crippen molar-refractivity contribution in [3.63, 3.8) is 0 Å². The molecule has 1 amide bonds. The molecule has 1 N–H and O–H groups in total. The van der Waals surface area contributed by atoms with Crippen molar-refractivity contribution >= 4 is 40.3 Å². The lowest BCUT2D eigenvalue weighted by Gasteiger charge is -2.26. The molecule has 1 rings (SSSR count). The number of halogens is 1. The van der Waals surface area contributed by atoms with E-state index in [2.05, 4.69) is 5.32 Å². The summed E-state index contributed by atoms with van der Waals surface area (Å²) in [6, 6.07) is 3.34. The third kappa shape index (κ3) is 8.55. The molecule has 0 aliphatic heterocycles. The molecule has 8 nitrogen and oxygen atoms in total. The first kappa shape index (κ1) is 23.1. The van der Waals surface area contributed by atoms with E-state index in [0.717, 1.165) is 0 Å². The first-order chi connectivity index (χ1) is 12.2. The average Bonchev–Trinajstić information content (AvgIpc) is 2.44. The number of ether oxygens (including phenoxy) is 2. The molecule has 0 bridgehead atoms. The van der Waals surface area contributed by atoms with Gasteiger partial charge in [0.25, 0.3) is 5.69 Å². The number of rotatable bonds is 5. The van der Waals surface area contributed by atoms with E-state index in [1.807, 2.05) is 22.6 Å². The van der Waals surface area contributed by atoms with Gasteiger partial charge in [-0.2, -0.15) is 0 Å².